The van der Waals surface area contributed by atoms with Crippen LogP contribution in [0.25, 0.3) is 0 Å². The van der Waals surface area contributed by atoms with Crippen LogP contribution in [0.4, 0.5) is 0 Å². The van der Waals surface area contributed by atoms with Crippen LogP contribution in [-0.2, 0) is 11.3 Å². The lowest BCUT2D eigenvalue weighted by Crippen LogP contribution is -2.38. The summed E-state index contributed by atoms with van der Waals surface area (Å²) in [6.07, 6.45) is 1.73. The predicted octanol–water partition coefficient (Wildman–Crippen LogP) is 3.28. The summed E-state index contributed by atoms with van der Waals surface area (Å²) in [4.78, 5) is 18.5. The molecule has 6 heteroatoms. The average molecular weight is 356 g/mol. The molecule has 0 aliphatic carbocycles. The van der Waals surface area contributed by atoms with Crippen molar-refractivity contribution in [2.45, 2.75) is 26.4 Å². The zero-order valence-corrected chi connectivity index (χ0v) is 14.9. The second-order valence-corrected chi connectivity index (χ2v) is 5.06. The van der Waals surface area contributed by atoms with E-state index in [1.165, 1.54) is 0 Å². The van der Waals surface area contributed by atoms with Gasteiger partial charge in [0.25, 0.3) is 0 Å². The van der Waals surface area contributed by atoms with E-state index in [-0.39, 0.29) is 30.7 Å². The molecule has 0 saturated carbocycles. The van der Waals surface area contributed by atoms with Crippen LogP contribution in [0.3, 0.4) is 0 Å². The number of hydrogen-bond acceptors (Lipinski definition) is 3. The first-order valence-electron chi connectivity index (χ1n) is 7.12. The first-order chi connectivity index (χ1) is 10.1. The van der Waals surface area contributed by atoms with Crippen molar-refractivity contribution in [3.63, 3.8) is 0 Å². The smallest absolute Gasteiger partial charge is 0.244 e. The summed E-state index contributed by atoms with van der Waals surface area (Å²) in [5, 5.41) is 0. The van der Waals surface area contributed by atoms with Gasteiger partial charge in [-0.15, -0.1) is 24.8 Å². The quantitative estimate of drug-likeness (QED) is 0.894. The molecule has 2 rings (SSSR count). The third-order valence-corrected chi connectivity index (χ3v) is 3.47. The Bertz CT molecular complexity index is 591. The van der Waals surface area contributed by atoms with Crippen LogP contribution < -0.4 is 5.73 Å². The minimum Gasteiger partial charge on any atom is -0.335 e. The van der Waals surface area contributed by atoms with Gasteiger partial charge in [-0.25, -0.2) is 0 Å². The lowest BCUT2D eigenvalue weighted by atomic mass is 10.0. The molecule has 126 valence electrons. The number of nitrogens with two attached hydrogens (primary N) is 1. The Morgan fingerprint density at radius 2 is 1.83 bits per heavy atom. The van der Waals surface area contributed by atoms with E-state index in [0.29, 0.717) is 13.1 Å². The minimum absolute atomic E-state index is 0. The molecule has 0 radical (unpaired) electrons. The normalized spacial score (nSPS) is 10.9. The van der Waals surface area contributed by atoms with Crippen molar-refractivity contribution in [3.8, 4) is 0 Å². The van der Waals surface area contributed by atoms with E-state index in [1.807, 2.05) is 56.3 Å². The summed E-state index contributed by atoms with van der Waals surface area (Å²) >= 11 is 0. The van der Waals surface area contributed by atoms with Gasteiger partial charge < -0.3 is 10.6 Å². The maximum Gasteiger partial charge on any atom is 0.244 e. The molecule has 0 bridgehead atoms. The maximum atomic E-state index is 12.5. The lowest BCUT2D eigenvalue weighted by molar-refractivity contribution is -0.133. The summed E-state index contributed by atoms with van der Waals surface area (Å²) in [5.41, 5.74) is 8.96. The van der Waals surface area contributed by atoms with E-state index in [0.717, 1.165) is 16.8 Å². The van der Waals surface area contributed by atoms with Gasteiger partial charge in [-0.1, -0.05) is 35.9 Å². The number of likely N-dealkylation sites (N-methyl/N-ethyl adjacent to an activating group) is 1. The van der Waals surface area contributed by atoms with Crippen molar-refractivity contribution in [1.82, 2.24) is 9.88 Å². The van der Waals surface area contributed by atoms with Crippen molar-refractivity contribution in [3.05, 3.63) is 65.5 Å². The van der Waals surface area contributed by atoms with E-state index >= 15 is 0 Å². The third-order valence-electron chi connectivity index (χ3n) is 3.47. The van der Waals surface area contributed by atoms with Crippen LogP contribution in [0, 0.1) is 6.92 Å². The zero-order chi connectivity index (χ0) is 15.2. The number of nitrogens with zero attached hydrogens (tertiary/aromatic N) is 2. The Labute approximate surface area is 149 Å². The summed E-state index contributed by atoms with van der Waals surface area (Å²) in [6.45, 7) is 5.05. The molecular formula is C17H23Cl2N3O. The number of hydrogen-bond donors (Lipinski definition) is 1. The number of benzene rings is 1. The number of amides is 1. The largest absolute Gasteiger partial charge is 0.335 e. The summed E-state index contributed by atoms with van der Waals surface area (Å²) < 4.78 is 0. The van der Waals surface area contributed by atoms with E-state index in [1.54, 1.807) is 11.1 Å². The number of pyridine rings is 1. The highest BCUT2D eigenvalue weighted by molar-refractivity contribution is 5.85. The second-order valence-electron chi connectivity index (χ2n) is 5.06. The number of carbonyl (C=O) groups is 1. The molecule has 23 heavy (non-hydrogen) atoms. The Kier molecular flexibility index (Phi) is 9.49. The SMILES string of the molecule is CCN(Cc1ccccn1)C(=O)C(N)c1ccc(C)cc1.Cl.Cl. The molecule has 2 aromatic rings. The van der Waals surface area contributed by atoms with Crippen molar-refractivity contribution in [2.75, 3.05) is 6.54 Å². The molecule has 2 N–H and O–H groups in total. The highest BCUT2D eigenvalue weighted by atomic mass is 35.5. The van der Waals surface area contributed by atoms with Crippen molar-refractivity contribution in [2.24, 2.45) is 5.73 Å². The number of rotatable bonds is 5. The average Bonchev–Trinajstić information content (AvgIpc) is 2.53. The van der Waals surface area contributed by atoms with Gasteiger partial charge in [-0.2, -0.15) is 0 Å². The van der Waals surface area contributed by atoms with E-state index < -0.39 is 6.04 Å². The van der Waals surface area contributed by atoms with E-state index in [4.69, 9.17) is 5.73 Å². The Morgan fingerprint density at radius 1 is 1.17 bits per heavy atom. The Balaban J connectivity index is 0.00000242. The molecular weight excluding hydrogens is 333 g/mol. The maximum absolute atomic E-state index is 12.5. The predicted molar refractivity (Wildman–Crippen MR) is 97.9 cm³/mol. The molecule has 1 aromatic carbocycles. The fourth-order valence-corrected chi connectivity index (χ4v) is 2.15. The fourth-order valence-electron chi connectivity index (χ4n) is 2.15. The van der Waals surface area contributed by atoms with Crippen molar-refractivity contribution < 1.29 is 4.79 Å². The van der Waals surface area contributed by atoms with Crippen LogP contribution in [0.1, 0.15) is 29.8 Å². The molecule has 0 fully saturated rings. The molecule has 4 nitrogen and oxygen atoms in total. The van der Waals surface area contributed by atoms with Crippen LogP contribution in [0.5, 0.6) is 0 Å². The molecule has 0 saturated heterocycles. The topological polar surface area (TPSA) is 59.2 Å². The van der Waals surface area contributed by atoms with E-state index in [2.05, 4.69) is 4.98 Å². The highest BCUT2D eigenvalue weighted by Crippen LogP contribution is 2.15. The molecule has 0 spiro atoms. The van der Waals surface area contributed by atoms with Crippen LogP contribution in [-0.4, -0.2) is 22.3 Å². The van der Waals surface area contributed by atoms with Gasteiger partial charge in [0.15, 0.2) is 0 Å². The van der Waals surface area contributed by atoms with Gasteiger partial charge in [0.05, 0.1) is 12.2 Å². The molecule has 0 aliphatic heterocycles. The lowest BCUT2D eigenvalue weighted by Gasteiger charge is -2.24. The van der Waals surface area contributed by atoms with Crippen molar-refractivity contribution in [1.29, 1.82) is 0 Å². The van der Waals surface area contributed by atoms with Crippen LogP contribution in [0.2, 0.25) is 0 Å². The monoisotopic (exact) mass is 355 g/mol. The minimum atomic E-state index is -0.630. The fraction of sp³-hybridized carbons (Fsp3) is 0.294. The van der Waals surface area contributed by atoms with Crippen LogP contribution in [0.15, 0.2) is 48.7 Å². The summed E-state index contributed by atoms with van der Waals surface area (Å²) in [6, 6.07) is 12.8. The van der Waals surface area contributed by atoms with Gasteiger partial charge in [-0.05, 0) is 31.5 Å². The molecule has 0 aliphatic rings. The number of aromatic nitrogens is 1. The highest BCUT2D eigenvalue weighted by Gasteiger charge is 2.21. The molecule has 1 heterocycles. The molecule has 1 aromatic heterocycles. The molecule has 1 atom stereocenters. The summed E-state index contributed by atoms with van der Waals surface area (Å²) in [7, 11) is 0. The number of aryl methyl sites for hydroxylation is 1. The molecule has 1 amide bonds. The molecule has 1 unspecified atom stereocenters. The van der Waals surface area contributed by atoms with Crippen LogP contribution >= 0.6 is 24.8 Å². The summed E-state index contributed by atoms with van der Waals surface area (Å²) in [5.74, 6) is -0.0768. The Hall–Kier alpha value is -1.62. The van der Waals surface area contributed by atoms with Gasteiger partial charge in [0.2, 0.25) is 5.91 Å². The van der Waals surface area contributed by atoms with Gasteiger partial charge in [0.1, 0.15) is 6.04 Å². The standard InChI is InChI=1S/C17H21N3O.2ClH/c1-3-20(12-15-6-4-5-11-19-15)17(21)16(18)14-9-7-13(2)8-10-14;;/h4-11,16H,3,12,18H2,1-2H3;2*1H. The Morgan fingerprint density at radius 3 is 2.35 bits per heavy atom. The van der Waals surface area contributed by atoms with Crippen molar-refractivity contribution >= 4 is 30.7 Å². The first kappa shape index (κ1) is 21.4. The number of carbonyl (C=O) groups excluding carboxylic acids is 1. The van der Waals surface area contributed by atoms with Gasteiger partial charge >= 0.3 is 0 Å². The number of halogens is 2. The second kappa shape index (κ2) is 10.2. The third kappa shape index (κ3) is 5.82. The first-order valence-corrected chi connectivity index (χ1v) is 7.12. The van der Waals surface area contributed by atoms with Gasteiger partial charge in [0, 0.05) is 12.7 Å². The zero-order valence-electron chi connectivity index (χ0n) is 13.3. The van der Waals surface area contributed by atoms with Gasteiger partial charge in [-0.3, -0.25) is 9.78 Å². The van der Waals surface area contributed by atoms with E-state index in [9.17, 15) is 4.79 Å².